The summed E-state index contributed by atoms with van der Waals surface area (Å²) >= 11 is 4.21. The van der Waals surface area contributed by atoms with Crippen molar-refractivity contribution in [3.8, 4) is 0 Å². The van der Waals surface area contributed by atoms with Crippen LogP contribution in [0.3, 0.4) is 0 Å². The topological polar surface area (TPSA) is 42.0 Å². The molecule has 1 amide bonds. The molecule has 1 N–H and O–H groups in total. The van der Waals surface area contributed by atoms with Crippen LogP contribution in [0.15, 0.2) is 29.3 Å². The molecule has 1 aromatic heterocycles. The van der Waals surface area contributed by atoms with Gasteiger partial charge in [-0.15, -0.1) is 12.6 Å². The maximum absolute atomic E-state index is 13.5. The van der Waals surface area contributed by atoms with Gasteiger partial charge in [0.25, 0.3) is 5.91 Å². The Labute approximate surface area is 97.1 Å². The van der Waals surface area contributed by atoms with Crippen molar-refractivity contribution >= 4 is 29.4 Å². The highest BCUT2D eigenvalue weighted by atomic mass is 32.1. The minimum Gasteiger partial charge on any atom is -0.355 e. The number of rotatable bonds is 1. The molecule has 0 unspecified atom stereocenters. The van der Waals surface area contributed by atoms with Gasteiger partial charge in [0.05, 0.1) is 17.3 Å². The fraction of sp³-hybridized carbons (Fsp3) is 0.0909. The predicted octanol–water partition coefficient (Wildman–Crippen LogP) is 2.02. The van der Waals surface area contributed by atoms with Crippen molar-refractivity contribution in [3.63, 3.8) is 0 Å². The van der Waals surface area contributed by atoms with Crippen molar-refractivity contribution in [3.05, 3.63) is 35.8 Å². The summed E-state index contributed by atoms with van der Waals surface area (Å²) in [5.74, 6) is -1.10. The van der Waals surface area contributed by atoms with Crippen LogP contribution in [0.25, 0.3) is 10.9 Å². The number of benzene rings is 1. The number of carbonyl (C=O) groups is 1. The molecule has 1 aromatic carbocycles. The van der Waals surface area contributed by atoms with Gasteiger partial charge in [-0.05, 0) is 6.07 Å². The number of carbonyl (C=O) groups excluding carboxylic acids is 1. The van der Waals surface area contributed by atoms with Gasteiger partial charge in [-0.3, -0.25) is 9.78 Å². The van der Waals surface area contributed by atoms with E-state index in [4.69, 9.17) is 0 Å². The molecule has 3 nitrogen and oxygen atoms in total. The zero-order valence-electron chi connectivity index (χ0n) is 8.49. The van der Waals surface area contributed by atoms with Gasteiger partial charge in [0.1, 0.15) is 0 Å². The largest absolute Gasteiger partial charge is 0.355 e. The third kappa shape index (κ3) is 1.63. The first kappa shape index (κ1) is 10.9. The van der Waals surface area contributed by atoms with Gasteiger partial charge in [0.2, 0.25) is 0 Å². The minimum absolute atomic E-state index is 0.00315. The minimum atomic E-state index is -0.634. The summed E-state index contributed by atoms with van der Waals surface area (Å²) in [6, 6.07) is 5.10. The molecular formula is C11H9FN2OS. The normalized spacial score (nSPS) is 10.4. The lowest BCUT2D eigenvalue weighted by Gasteiger charge is -2.07. The number of fused-ring (bicyclic) bond motifs is 1. The molecule has 2 rings (SSSR count). The van der Waals surface area contributed by atoms with E-state index in [0.29, 0.717) is 15.8 Å². The second-order valence-corrected chi connectivity index (χ2v) is 3.72. The van der Waals surface area contributed by atoms with Crippen LogP contribution in [0, 0.1) is 5.82 Å². The first-order chi connectivity index (χ1) is 7.65. The fourth-order valence-corrected chi connectivity index (χ4v) is 1.80. The van der Waals surface area contributed by atoms with E-state index in [2.05, 4.69) is 22.9 Å². The third-order valence-electron chi connectivity index (χ3n) is 2.28. The van der Waals surface area contributed by atoms with Gasteiger partial charge < -0.3 is 5.32 Å². The summed E-state index contributed by atoms with van der Waals surface area (Å²) in [5, 5.41) is 2.87. The molecule has 2 aromatic rings. The Morgan fingerprint density at radius 2 is 2.25 bits per heavy atom. The molecule has 0 bridgehead atoms. The van der Waals surface area contributed by atoms with Crippen molar-refractivity contribution in [1.29, 1.82) is 0 Å². The third-order valence-corrected chi connectivity index (χ3v) is 2.64. The molecular weight excluding hydrogens is 227 g/mol. The monoisotopic (exact) mass is 236 g/mol. The average Bonchev–Trinajstić information content (AvgIpc) is 2.28. The molecule has 16 heavy (non-hydrogen) atoms. The Hall–Kier alpha value is -1.62. The van der Waals surface area contributed by atoms with Crippen LogP contribution in [0.4, 0.5) is 4.39 Å². The Kier molecular flexibility index (Phi) is 2.78. The van der Waals surface area contributed by atoms with Gasteiger partial charge in [-0.2, -0.15) is 0 Å². The number of amides is 1. The van der Waals surface area contributed by atoms with Crippen molar-refractivity contribution in [2.75, 3.05) is 7.05 Å². The van der Waals surface area contributed by atoms with E-state index in [-0.39, 0.29) is 5.56 Å². The van der Waals surface area contributed by atoms with Gasteiger partial charge in [-0.25, -0.2) is 4.39 Å². The highest BCUT2D eigenvalue weighted by molar-refractivity contribution is 7.80. The van der Waals surface area contributed by atoms with Crippen LogP contribution in [-0.2, 0) is 0 Å². The molecule has 1 heterocycles. The zero-order valence-corrected chi connectivity index (χ0v) is 9.38. The Morgan fingerprint density at radius 1 is 1.50 bits per heavy atom. The quantitative estimate of drug-likeness (QED) is 0.744. The lowest BCUT2D eigenvalue weighted by Crippen LogP contribution is -2.20. The fourth-order valence-electron chi connectivity index (χ4n) is 1.54. The summed E-state index contributed by atoms with van der Waals surface area (Å²) in [6.07, 6.45) is 1.03. The second-order valence-electron chi connectivity index (χ2n) is 3.23. The van der Waals surface area contributed by atoms with Gasteiger partial charge in [0, 0.05) is 17.3 Å². The molecule has 0 aliphatic rings. The van der Waals surface area contributed by atoms with Crippen LogP contribution < -0.4 is 5.32 Å². The van der Waals surface area contributed by atoms with E-state index >= 15 is 0 Å². The van der Waals surface area contributed by atoms with E-state index in [0.717, 1.165) is 6.20 Å². The van der Waals surface area contributed by atoms with Crippen LogP contribution in [0.5, 0.6) is 0 Å². The highest BCUT2D eigenvalue weighted by Gasteiger charge is 2.15. The van der Waals surface area contributed by atoms with Crippen molar-refractivity contribution < 1.29 is 9.18 Å². The van der Waals surface area contributed by atoms with Crippen molar-refractivity contribution in [2.24, 2.45) is 0 Å². The Morgan fingerprint density at radius 3 is 2.94 bits per heavy atom. The molecule has 0 saturated heterocycles. The summed E-state index contributed by atoms with van der Waals surface area (Å²) < 4.78 is 13.5. The number of nitrogens with one attached hydrogen (secondary N) is 1. The molecule has 0 atom stereocenters. The smallest absolute Gasteiger partial charge is 0.254 e. The van der Waals surface area contributed by atoms with Gasteiger partial charge in [-0.1, -0.05) is 12.1 Å². The number of nitrogens with zero attached hydrogens (tertiary/aromatic N) is 1. The maximum atomic E-state index is 13.5. The Bertz CT molecular complexity index is 571. The number of hydrogen-bond donors (Lipinski definition) is 2. The van der Waals surface area contributed by atoms with E-state index in [1.807, 2.05) is 0 Å². The number of para-hydroxylation sites is 1. The first-order valence-electron chi connectivity index (χ1n) is 4.63. The lowest BCUT2D eigenvalue weighted by molar-refractivity contribution is 0.0961. The molecule has 0 radical (unpaired) electrons. The molecule has 0 fully saturated rings. The number of thiol groups is 1. The van der Waals surface area contributed by atoms with Crippen LogP contribution in [-0.4, -0.2) is 17.9 Å². The summed E-state index contributed by atoms with van der Waals surface area (Å²) in [7, 11) is 1.46. The summed E-state index contributed by atoms with van der Waals surface area (Å²) in [5.41, 5.74) is 0.522. The maximum Gasteiger partial charge on any atom is 0.254 e. The number of halogens is 1. The second kappa shape index (κ2) is 4.09. The van der Waals surface area contributed by atoms with Crippen LogP contribution in [0.1, 0.15) is 10.4 Å². The van der Waals surface area contributed by atoms with Crippen LogP contribution >= 0.6 is 12.6 Å². The molecule has 0 spiro atoms. The average molecular weight is 236 g/mol. The van der Waals surface area contributed by atoms with Crippen molar-refractivity contribution in [2.45, 2.75) is 4.90 Å². The highest BCUT2D eigenvalue weighted by Crippen LogP contribution is 2.24. The van der Waals surface area contributed by atoms with Crippen molar-refractivity contribution in [1.82, 2.24) is 10.3 Å². The SMILES string of the molecule is CNC(=O)c1c(F)cnc2c(S)cccc12. The lowest BCUT2D eigenvalue weighted by atomic mass is 10.1. The van der Waals surface area contributed by atoms with E-state index in [1.54, 1.807) is 18.2 Å². The Balaban J connectivity index is 2.85. The van der Waals surface area contributed by atoms with E-state index in [1.165, 1.54) is 7.05 Å². The molecule has 5 heteroatoms. The standard InChI is InChI=1S/C11H9FN2OS/c1-13-11(15)9-6-3-2-4-8(16)10(6)14-5-7(9)12/h2-5,16H,1H3,(H,13,15). The van der Waals surface area contributed by atoms with Gasteiger partial charge >= 0.3 is 0 Å². The molecule has 0 aliphatic heterocycles. The zero-order chi connectivity index (χ0) is 11.7. The number of hydrogen-bond acceptors (Lipinski definition) is 3. The van der Waals surface area contributed by atoms with E-state index < -0.39 is 11.7 Å². The molecule has 82 valence electrons. The van der Waals surface area contributed by atoms with E-state index in [9.17, 15) is 9.18 Å². The molecule has 0 aliphatic carbocycles. The first-order valence-corrected chi connectivity index (χ1v) is 5.08. The van der Waals surface area contributed by atoms with Crippen LogP contribution in [0.2, 0.25) is 0 Å². The number of pyridine rings is 1. The predicted molar refractivity (Wildman–Crippen MR) is 62.3 cm³/mol. The summed E-state index contributed by atoms with van der Waals surface area (Å²) in [6.45, 7) is 0. The summed E-state index contributed by atoms with van der Waals surface area (Å²) in [4.78, 5) is 16.1. The van der Waals surface area contributed by atoms with Gasteiger partial charge in [0.15, 0.2) is 5.82 Å². The number of aromatic nitrogens is 1. The molecule has 0 saturated carbocycles.